The molecule has 1 saturated carbocycles. The fourth-order valence-electron chi connectivity index (χ4n) is 4.60. The third-order valence-corrected chi connectivity index (χ3v) is 8.60. The van der Waals surface area contributed by atoms with E-state index in [1.807, 2.05) is 36.4 Å². The lowest BCUT2D eigenvalue weighted by molar-refractivity contribution is 0.483. The van der Waals surface area contributed by atoms with Crippen LogP contribution in [0.15, 0.2) is 89.8 Å². The maximum atomic E-state index is 13.0. The van der Waals surface area contributed by atoms with E-state index in [-0.39, 0.29) is 5.25 Å². The molecule has 1 aliphatic carbocycles. The van der Waals surface area contributed by atoms with Crippen LogP contribution in [-0.4, -0.2) is 13.7 Å². The van der Waals surface area contributed by atoms with Gasteiger partial charge in [-0.1, -0.05) is 92.1 Å². The summed E-state index contributed by atoms with van der Waals surface area (Å²) in [6, 6.07) is 28.9. The van der Waals surface area contributed by atoms with Crippen LogP contribution in [0.5, 0.6) is 0 Å². The van der Waals surface area contributed by atoms with Gasteiger partial charge in [-0.05, 0) is 60.4 Å². The Kier molecular flexibility index (Phi) is 6.69. The van der Waals surface area contributed by atoms with Gasteiger partial charge in [0.1, 0.15) is 0 Å². The molecule has 0 heterocycles. The first-order valence-electron chi connectivity index (χ1n) is 11.0. The van der Waals surface area contributed by atoms with Crippen molar-refractivity contribution in [2.24, 2.45) is 0 Å². The molecule has 156 valence electrons. The minimum Gasteiger partial charge on any atom is -0.223 e. The minimum absolute atomic E-state index is 0.202. The molecule has 0 saturated heterocycles. The summed E-state index contributed by atoms with van der Waals surface area (Å²) < 4.78 is 26.0. The predicted octanol–water partition coefficient (Wildman–Crippen LogP) is 6.36. The Morgan fingerprint density at radius 3 is 1.80 bits per heavy atom. The van der Waals surface area contributed by atoms with Gasteiger partial charge in [-0.15, -0.1) is 0 Å². The molecule has 0 radical (unpaired) electrons. The third-order valence-electron chi connectivity index (χ3n) is 6.32. The molecule has 0 N–H and O–H groups in total. The molecule has 1 fully saturated rings. The molecule has 1 aliphatic rings. The number of sulfone groups is 1. The Balaban J connectivity index is 1.53. The SMILES string of the molecule is O=S(=O)(c1ccc(CC(Cc2ccccc2)c2ccccc2)cc1)C1CCCCC1. The van der Waals surface area contributed by atoms with Gasteiger partial charge in [0.2, 0.25) is 0 Å². The second-order valence-electron chi connectivity index (χ2n) is 8.45. The summed E-state index contributed by atoms with van der Waals surface area (Å²) in [5, 5.41) is -0.202. The van der Waals surface area contributed by atoms with Crippen LogP contribution in [0.1, 0.15) is 54.7 Å². The van der Waals surface area contributed by atoms with Gasteiger partial charge in [-0.3, -0.25) is 0 Å². The molecular formula is C27H30O2S. The van der Waals surface area contributed by atoms with E-state index in [9.17, 15) is 8.42 Å². The standard InChI is InChI=1S/C27H30O2S/c28-30(29,26-14-8-3-9-15-26)27-18-16-23(17-19-27)21-25(24-12-6-2-7-13-24)20-22-10-4-1-5-11-22/h1-2,4-7,10-13,16-19,25-26H,3,8-9,14-15,20-21H2. The molecule has 0 spiro atoms. The van der Waals surface area contributed by atoms with Gasteiger partial charge in [0, 0.05) is 0 Å². The summed E-state index contributed by atoms with van der Waals surface area (Å²) in [4.78, 5) is 0.484. The average molecular weight is 419 g/mol. The second kappa shape index (κ2) is 9.61. The predicted molar refractivity (Wildman–Crippen MR) is 124 cm³/mol. The van der Waals surface area contributed by atoms with E-state index in [1.54, 1.807) is 0 Å². The molecule has 0 bridgehead atoms. The van der Waals surface area contributed by atoms with Gasteiger partial charge in [0.15, 0.2) is 9.84 Å². The Bertz CT molecular complexity index is 1020. The van der Waals surface area contributed by atoms with Crippen molar-refractivity contribution in [3.63, 3.8) is 0 Å². The topological polar surface area (TPSA) is 34.1 Å². The van der Waals surface area contributed by atoms with Crippen LogP contribution in [0.3, 0.4) is 0 Å². The second-order valence-corrected chi connectivity index (χ2v) is 10.7. The molecule has 0 amide bonds. The Morgan fingerprint density at radius 1 is 0.667 bits per heavy atom. The summed E-state index contributed by atoms with van der Waals surface area (Å²) in [7, 11) is -3.21. The van der Waals surface area contributed by atoms with E-state index in [4.69, 9.17) is 0 Å². The molecule has 0 aromatic heterocycles. The highest BCUT2D eigenvalue weighted by Gasteiger charge is 2.28. The summed E-state index contributed by atoms with van der Waals surface area (Å²) in [5.41, 5.74) is 3.82. The van der Waals surface area contributed by atoms with Crippen molar-refractivity contribution in [3.05, 3.63) is 102 Å². The highest BCUT2D eigenvalue weighted by Crippen LogP contribution is 2.30. The summed E-state index contributed by atoms with van der Waals surface area (Å²) in [6.45, 7) is 0. The highest BCUT2D eigenvalue weighted by atomic mass is 32.2. The van der Waals surface area contributed by atoms with Crippen molar-refractivity contribution < 1.29 is 8.42 Å². The lowest BCUT2D eigenvalue weighted by Gasteiger charge is -2.22. The summed E-state index contributed by atoms with van der Waals surface area (Å²) in [5.74, 6) is 0.356. The van der Waals surface area contributed by atoms with Gasteiger partial charge < -0.3 is 0 Å². The lowest BCUT2D eigenvalue weighted by atomic mass is 9.87. The van der Waals surface area contributed by atoms with E-state index >= 15 is 0 Å². The van der Waals surface area contributed by atoms with Crippen molar-refractivity contribution >= 4 is 9.84 Å². The number of rotatable bonds is 7. The van der Waals surface area contributed by atoms with E-state index < -0.39 is 9.84 Å². The first-order chi connectivity index (χ1) is 14.6. The van der Waals surface area contributed by atoms with Crippen molar-refractivity contribution in [2.45, 2.75) is 61.0 Å². The van der Waals surface area contributed by atoms with E-state index in [0.29, 0.717) is 10.8 Å². The number of benzene rings is 3. The van der Waals surface area contributed by atoms with E-state index in [0.717, 1.165) is 44.9 Å². The Labute approximate surface area is 180 Å². The molecule has 1 atom stereocenters. The number of hydrogen-bond acceptors (Lipinski definition) is 2. The summed E-state index contributed by atoms with van der Waals surface area (Å²) >= 11 is 0. The molecule has 3 aromatic rings. The van der Waals surface area contributed by atoms with Gasteiger partial charge in [-0.2, -0.15) is 0 Å². The van der Waals surface area contributed by atoms with Crippen LogP contribution in [0.4, 0.5) is 0 Å². The maximum Gasteiger partial charge on any atom is 0.181 e. The van der Waals surface area contributed by atoms with Crippen LogP contribution in [0, 0.1) is 0 Å². The normalized spacial score (nSPS) is 16.3. The fraction of sp³-hybridized carbons (Fsp3) is 0.333. The molecule has 0 aliphatic heterocycles. The highest BCUT2D eigenvalue weighted by molar-refractivity contribution is 7.92. The molecule has 4 rings (SSSR count). The zero-order valence-electron chi connectivity index (χ0n) is 17.4. The smallest absolute Gasteiger partial charge is 0.181 e. The van der Waals surface area contributed by atoms with Crippen LogP contribution in [0.2, 0.25) is 0 Å². The molecule has 30 heavy (non-hydrogen) atoms. The first kappa shape index (κ1) is 20.9. The minimum atomic E-state index is -3.21. The molecular weight excluding hydrogens is 388 g/mol. The van der Waals surface area contributed by atoms with Gasteiger partial charge in [0.25, 0.3) is 0 Å². The van der Waals surface area contributed by atoms with Crippen LogP contribution >= 0.6 is 0 Å². The van der Waals surface area contributed by atoms with Gasteiger partial charge in [0.05, 0.1) is 10.1 Å². The largest absolute Gasteiger partial charge is 0.223 e. The maximum absolute atomic E-state index is 13.0. The quantitative estimate of drug-likeness (QED) is 0.447. The van der Waals surface area contributed by atoms with E-state index in [1.165, 1.54) is 16.7 Å². The third kappa shape index (κ3) is 5.02. The van der Waals surface area contributed by atoms with Crippen LogP contribution in [0.25, 0.3) is 0 Å². The monoisotopic (exact) mass is 418 g/mol. The van der Waals surface area contributed by atoms with Crippen molar-refractivity contribution in [1.82, 2.24) is 0 Å². The molecule has 3 heteroatoms. The fourth-order valence-corrected chi connectivity index (χ4v) is 6.45. The van der Waals surface area contributed by atoms with Crippen LogP contribution in [-0.2, 0) is 22.7 Å². The molecule has 2 nitrogen and oxygen atoms in total. The average Bonchev–Trinajstić information content (AvgIpc) is 2.81. The van der Waals surface area contributed by atoms with Crippen molar-refractivity contribution in [3.8, 4) is 0 Å². The molecule has 1 unspecified atom stereocenters. The molecule has 3 aromatic carbocycles. The number of hydrogen-bond donors (Lipinski definition) is 0. The summed E-state index contributed by atoms with van der Waals surface area (Å²) in [6.07, 6.45) is 6.68. The lowest BCUT2D eigenvalue weighted by Crippen LogP contribution is -2.24. The van der Waals surface area contributed by atoms with Crippen molar-refractivity contribution in [1.29, 1.82) is 0 Å². The van der Waals surface area contributed by atoms with Gasteiger partial charge in [-0.25, -0.2) is 8.42 Å². The van der Waals surface area contributed by atoms with Crippen LogP contribution < -0.4 is 0 Å². The van der Waals surface area contributed by atoms with Crippen molar-refractivity contribution in [2.75, 3.05) is 0 Å². The van der Waals surface area contributed by atoms with E-state index in [2.05, 4.69) is 48.5 Å². The van der Waals surface area contributed by atoms with Gasteiger partial charge >= 0.3 is 0 Å². The zero-order chi connectivity index (χ0) is 20.8. The first-order valence-corrected chi connectivity index (χ1v) is 12.6. The zero-order valence-corrected chi connectivity index (χ0v) is 18.2. The Hall–Kier alpha value is -2.39. The Morgan fingerprint density at radius 2 is 1.20 bits per heavy atom.